The molecule has 0 radical (unpaired) electrons. The fraction of sp³-hybridized carbons (Fsp3) is 0.636. The van der Waals surface area contributed by atoms with Crippen LogP contribution in [0.1, 0.15) is 190 Å². The van der Waals surface area contributed by atoms with E-state index in [9.17, 15) is 38.4 Å². The summed E-state index contributed by atoms with van der Waals surface area (Å²) < 4.78 is 32.0. The van der Waals surface area contributed by atoms with Gasteiger partial charge >= 0.3 is 13.1 Å². The number of benzene rings is 3. The number of ketones is 7. The van der Waals surface area contributed by atoms with Crippen molar-refractivity contribution in [3.05, 3.63) is 95.1 Å². The Hall–Kier alpha value is -7.10. The molecule has 30 heteroatoms. The Bertz CT molecular complexity index is 2780. The van der Waals surface area contributed by atoms with Gasteiger partial charge in [-0.2, -0.15) is 0 Å². The number of amidine groups is 1. The number of nitrogens with one attached hydrogen (secondary N) is 11. The van der Waals surface area contributed by atoms with E-state index in [4.69, 9.17) is 45.2 Å². The summed E-state index contributed by atoms with van der Waals surface area (Å²) in [7, 11) is 13.0. The number of nitrogen functional groups attached to an aromatic ring is 1. The predicted molar refractivity (Wildman–Crippen MR) is 436 cm³/mol. The molecule has 618 valence electrons. The second-order valence-corrected chi connectivity index (χ2v) is 25.9. The van der Waals surface area contributed by atoms with Gasteiger partial charge in [0, 0.05) is 68.7 Å². The van der Waals surface area contributed by atoms with Crippen molar-refractivity contribution < 1.29 is 66.7 Å². The van der Waals surface area contributed by atoms with E-state index >= 15 is 0 Å². The van der Waals surface area contributed by atoms with Gasteiger partial charge in [-0.3, -0.25) is 38.6 Å². The second kappa shape index (κ2) is 75.7. The van der Waals surface area contributed by atoms with E-state index in [2.05, 4.69) is 92.8 Å². The number of urea groups is 1. The average Bonchev–Trinajstić information content (AvgIpc) is 0.898. The van der Waals surface area contributed by atoms with Crippen LogP contribution in [-0.4, -0.2) is 200 Å². The summed E-state index contributed by atoms with van der Waals surface area (Å²) in [5.41, 5.74) is 16.7. The van der Waals surface area contributed by atoms with E-state index in [-0.39, 0.29) is 96.4 Å². The molecule has 7 atom stereocenters. The molecule has 0 spiro atoms. The van der Waals surface area contributed by atoms with Crippen molar-refractivity contribution in [2.45, 2.75) is 242 Å². The lowest BCUT2D eigenvalue weighted by Crippen LogP contribution is -2.34. The van der Waals surface area contributed by atoms with Crippen LogP contribution >= 0.6 is 0 Å². The summed E-state index contributed by atoms with van der Waals surface area (Å²) in [6, 6.07) is 22.2. The molecule has 0 saturated carbocycles. The van der Waals surface area contributed by atoms with E-state index in [1.807, 2.05) is 69.7 Å². The number of primary amides is 1. The van der Waals surface area contributed by atoms with Crippen LogP contribution in [0.25, 0.3) is 0 Å². The summed E-state index contributed by atoms with van der Waals surface area (Å²) in [5.74, 6) is 2.99. The van der Waals surface area contributed by atoms with E-state index in [1.54, 1.807) is 115 Å². The normalized spacial score (nSPS) is 12.1. The minimum atomic E-state index is -1.44. The number of anilines is 1. The third-order valence-electron chi connectivity index (χ3n) is 16.3. The Morgan fingerprint density at radius 2 is 0.757 bits per heavy atom. The standard InChI is InChI=1S/C14H20N2O.C11H16BNO3.C11H23N3O.C11H16N2O.C11H24N2O.C10H21NO.C8H17N3O2.CH4.2F2.H3N/c1-10(15)8-12-4-6-13(7-5-12)9-14(16-3)11(2)17;1-8(14)11(13-2)7-9-3-5-10(6-4-9)12(15)16;1-5-11(13-4)14-8-6-7-10(12-3)9(2)15;1-8(14)11(13-2)7-9-3-5-10(12)6-4-9;1-9(2)13-8-6-5-7-11(12-4)10(3)14;1-8(2)6-5-7-10(11-4)9(3)12;1-6(12)7(10-2)4-3-5-11-8(9)13;;2*1-2;/h4-7,14-16H,8-9H2,1-3H3;3-6,11,13,15-16H,7H2,1-2H3;10,12H,5-8H2,1-4H3,(H,13,14);3-6,11,13H,7,12H2,1-2H3;9,11-13H,5-8H2,1-4H3;8,10-11H,5-7H2,1-4H3;7,10H,3-5H2,1-2H3,(H3,9,11,13);1H4;;;1H3/t14-;11-;10-;2*11-;10-;7-;;;;/m0000000..../s1. The lowest BCUT2D eigenvalue weighted by molar-refractivity contribution is -0.119. The minimum Gasteiger partial charge on any atom is -0.423 e. The fourth-order valence-corrected chi connectivity index (χ4v) is 9.85. The number of hydrogen-bond acceptors (Lipinski definition) is 22. The molecule has 0 saturated heterocycles. The van der Waals surface area contributed by atoms with Gasteiger partial charge in [0.15, 0.2) is 0 Å². The molecule has 25 nitrogen and oxygen atoms in total. The fourth-order valence-electron chi connectivity index (χ4n) is 9.85. The number of carbonyl (C=O) groups excluding carboxylic acids is 8. The zero-order valence-electron chi connectivity index (χ0n) is 67.9. The van der Waals surface area contributed by atoms with Crippen LogP contribution in [0.5, 0.6) is 0 Å². The molecule has 3 aromatic rings. The zero-order chi connectivity index (χ0) is 82.0. The highest BCUT2D eigenvalue weighted by atomic mass is 20.0. The van der Waals surface area contributed by atoms with Gasteiger partial charge in [-0.25, -0.2) is 4.79 Å². The average molecular weight is 1530 g/mol. The second-order valence-electron chi connectivity index (χ2n) is 25.9. The molecule has 0 aliphatic carbocycles. The Morgan fingerprint density at radius 1 is 0.458 bits per heavy atom. The number of amides is 2. The maximum Gasteiger partial charge on any atom is 0.488 e. The van der Waals surface area contributed by atoms with E-state index in [1.165, 1.54) is 6.42 Å². The van der Waals surface area contributed by atoms with Crippen LogP contribution < -0.4 is 76.2 Å². The molecule has 0 aliphatic heterocycles. The highest BCUT2D eigenvalue weighted by Gasteiger charge is 2.17. The molecule has 0 fully saturated rings. The van der Waals surface area contributed by atoms with Crippen LogP contribution in [0.2, 0.25) is 0 Å². The number of nitrogens with two attached hydrogens (primary N) is 2. The van der Waals surface area contributed by atoms with Crippen molar-refractivity contribution in [1.29, 1.82) is 5.41 Å². The van der Waals surface area contributed by atoms with Gasteiger partial charge in [0.1, 0.15) is 40.5 Å². The Balaban J connectivity index is -0.000000177. The zero-order valence-corrected chi connectivity index (χ0v) is 67.9. The number of nitrogens with zero attached hydrogens (tertiary/aromatic N) is 1. The third-order valence-corrected chi connectivity index (χ3v) is 16.3. The Kier molecular flexibility index (Phi) is 81.9. The molecule has 3 aromatic carbocycles. The smallest absolute Gasteiger partial charge is 0.423 e. The van der Waals surface area contributed by atoms with E-state index < -0.39 is 13.1 Å². The molecular weight excluding hydrogens is 1380 g/mol. The van der Waals surface area contributed by atoms with Crippen LogP contribution in [0.4, 0.5) is 28.8 Å². The van der Waals surface area contributed by atoms with Crippen LogP contribution in [0.3, 0.4) is 0 Å². The highest BCUT2D eigenvalue weighted by Crippen LogP contribution is 2.12. The quantitative estimate of drug-likeness (QED) is 0.00631. The summed E-state index contributed by atoms with van der Waals surface area (Å²) in [6.07, 6.45) is 13.5. The maximum absolute atomic E-state index is 11.3. The van der Waals surface area contributed by atoms with Crippen molar-refractivity contribution in [2.24, 2.45) is 16.6 Å². The molecule has 0 bridgehead atoms. The van der Waals surface area contributed by atoms with Crippen molar-refractivity contribution in [3.8, 4) is 0 Å². The van der Waals surface area contributed by atoms with Gasteiger partial charge in [0.05, 0.1) is 48.1 Å². The summed E-state index contributed by atoms with van der Waals surface area (Å²) >= 11 is 0. The summed E-state index contributed by atoms with van der Waals surface area (Å²) in [6.45, 7) is 26.2. The Morgan fingerprint density at radius 3 is 1.03 bits per heavy atom. The number of unbranched alkanes of at least 4 members (excludes halogenated alkanes) is 1. The van der Waals surface area contributed by atoms with Gasteiger partial charge in [0.25, 0.3) is 0 Å². The minimum absolute atomic E-state index is 0. The molecule has 0 aliphatic rings. The first-order valence-corrected chi connectivity index (χ1v) is 36.0. The molecule has 2 amide bonds. The SMILES string of the molecule is C.CCC(=NC)NCCC[C@H](NC)C(C)=O.CN[C@@H](CCCC(C)C)C(C)=O.CN[C@@H](CCCCNC(C)C)C(C)=O.CN[C@@H](CCCNC(N)=O)C(C)=O.CN[C@@H](Cc1ccc(B(O)O)cc1)C(C)=O.CN[C@@H](Cc1ccc(CC(C)=N)cc1)C(C)=O.CN[C@@H](Cc1ccc(N)cc1)C(C)=O.FF.FF.N. The number of likely N-dealkylation sites (N-methyl/N-ethyl adjacent to an activating group) is 7. The predicted octanol–water partition coefficient (Wildman–Crippen LogP) is 8.45. The third kappa shape index (κ3) is 68.0. The molecule has 3 rings (SSSR count). The summed E-state index contributed by atoms with van der Waals surface area (Å²) in [4.78, 5) is 92.1. The molecule has 0 heterocycles. The number of Topliss-reactive ketones (excluding diaryl/α,β-unsaturated/α-hetero) is 7. The summed E-state index contributed by atoms with van der Waals surface area (Å²) in [5, 5.41) is 55.2. The van der Waals surface area contributed by atoms with Crippen molar-refractivity contribution in [1.82, 2.24) is 59.3 Å². The van der Waals surface area contributed by atoms with Crippen LogP contribution in [0.15, 0.2) is 77.8 Å². The Labute approximate surface area is 640 Å². The van der Waals surface area contributed by atoms with Crippen molar-refractivity contribution in [2.75, 3.05) is 81.7 Å². The van der Waals surface area contributed by atoms with Crippen molar-refractivity contribution in [3.63, 3.8) is 0 Å². The largest absolute Gasteiger partial charge is 0.488 e. The number of hydrogen-bond donors (Lipinski definition) is 16. The number of halogens is 4. The lowest BCUT2D eigenvalue weighted by atomic mass is 9.80. The highest BCUT2D eigenvalue weighted by molar-refractivity contribution is 6.58. The number of aliphatic imine (C=N–C) groups is 1. The van der Waals surface area contributed by atoms with Gasteiger partial charge in [-0.15, -0.1) is 0 Å². The van der Waals surface area contributed by atoms with E-state index in [0.717, 1.165) is 117 Å². The molecule has 0 unspecified atom stereocenters. The first-order chi connectivity index (χ1) is 49.6. The number of carbonyl (C=O) groups is 8. The maximum atomic E-state index is 11.3. The van der Waals surface area contributed by atoms with Crippen LogP contribution in [-0.2, 0) is 59.2 Å². The molecular formula is C77H144BF4N15O10. The topological polar surface area (TPSA) is 421 Å². The molecule has 20 N–H and O–H groups in total. The molecule has 107 heavy (non-hydrogen) atoms. The lowest BCUT2D eigenvalue weighted by Gasteiger charge is -2.13. The van der Waals surface area contributed by atoms with E-state index in [0.29, 0.717) is 49.4 Å². The number of rotatable bonds is 42. The first-order valence-electron chi connectivity index (χ1n) is 36.0. The first kappa shape index (κ1) is 116. The monoisotopic (exact) mass is 1530 g/mol. The van der Waals surface area contributed by atoms with Gasteiger partial charge in [0.2, 0.25) is 0 Å². The van der Waals surface area contributed by atoms with Crippen molar-refractivity contribution >= 4 is 76.3 Å². The molecule has 0 aromatic heterocycles. The van der Waals surface area contributed by atoms with Gasteiger partial charge in [-0.1, -0.05) is 122 Å². The van der Waals surface area contributed by atoms with Crippen LogP contribution in [0, 0.1) is 11.3 Å². The van der Waals surface area contributed by atoms with Gasteiger partial charge in [-0.05, 0) is 221 Å². The van der Waals surface area contributed by atoms with Gasteiger partial charge < -0.3 is 86.2 Å².